The third kappa shape index (κ3) is 2.38. The average molecular weight is 346 g/mol. The quantitative estimate of drug-likeness (QED) is 0.716. The van der Waals surface area contributed by atoms with E-state index in [9.17, 15) is 9.59 Å². The van der Waals surface area contributed by atoms with Crippen molar-refractivity contribution in [1.82, 2.24) is 24.6 Å². The highest BCUT2D eigenvalue weighted by molar-refractivity contribution is 6.49. The Morgan fingerprint density at radius 1 is 1.23 bits per heavy atom. The van der Waals surface area contributed by atoms with E-state index in [2.05, 4.69) is 21.5 Å². The van der Waals surface area contributed by atoms with Crippen molar-refractivity contribution in [2.24, 2.45) is 7.05 Å². The minimum absolute atomic E-state index is 0.249. The van der Waals surface area contributed by atoms with Crippen LogP contribution >= 0.6 is 0 Å². The summed E-state index contributed by atoms with van der Waals surface area (Å²) in [5, 5.41) is 16.3. The Labute approximate surface area is 148 Å². The van der Waals surface area contributed by atoms with E-state index in [0.717, 1.165) is 5.39 Å². The number of carbonyl (C=O) groups excluding carboxylic acids is 2. The van der Waals surface area contributed by atoms with Crippen molar-refractivity contribution in [2.45, 2.75) is 13.0 Å². The van der Waals surface area contributed by atoms with Crippen LogP contribution in [-0.4, -0.2) is 31.1 Å². The van der Waals surface area contributed by atoms with Crippen LogP contribution in [0.3, 0.4) is 0 Å². The maximum atomic E-state index is 12.5. The molecule has 0 saturated heterocycles. The molecule has 1 aliphatic rings. The SMILES string of the molecule is Cn1ccc(C2=C(c3cn(CCC#N)c4ncccc34)C(=O)NC2=O)n1. The minimum Gasteiger partial charge on any atom is -0.331 e. The summed E-state index contributed by atoms with van der Waals surface area (Å²) in [5.74, 6) is -0.927. The molecule has 26 heavy (non-hydrogen) atoms. The van der Waals surface area contributed by atoms with Gasteiger partial charge in [-0.15, -0.1) is 0 Å². The number of pyridine rings is 1. The molecule has 3 aromatic heterocycles. The molecular weight excluding hydrogens is 332 g/mol. The average Bonchev–Trinajstić information content (AvgIpc) is 3.28. The van der Waals surface area contributed by atoms with Gasteiger partial charge in [-0.1, -0.05) is 0 Å². The summed E-state index contributed by atoms with van der Waals surface area (Å²) in [6, 6.07) is 7.42. The van der Waals surface area contributed by atoms with E-state index in [-0.39, 0.29) is 11.1 Å². The summed E-state index contributed by atoms with van der Waals surface area (Å²) in [7, 11) is 1.75. The summed E-state index contributed by atoms with van der Waals surface area (Å²) >= 11 is 0. The molecule has 8 nitrogen and oxygen atoms in total. The fraction of sp³-hybridized carbons (Fsp3) is 0.167. The van der Waals surface area contributed by atoms with Gasteiger partial charge in [-0.2, -0.15) is 10.4 Å². The third-order valence-corrected chi connectivity index (χ3v) is 4.27. The van der Waals surface area contributed by atoms with Gasteiger partial charge in [0.15, 0.2) is 0 Å². The Morgan fingerprint density at radius 3 is 2.77 bits per heavy atom. The maximum absolute atomic E-state index is 12.5. The summed E-state index contributed by atoms with van der Waals surface area (Å²) in [6.45, 7) is 0.450. The Balaban J connectivity index is 1.98. The molecule has 1 aliphatic heterocycles. The molecule has 1 N–H and O–H groups in total. The Kier molecular flexibility index (Phi) is 3.62. The van der Waals surface area contributed by atoms with Crippen molar-refractivity contribution >= 4 is 34.0 Å². The lowest BCUT2D eigenvalue weighted by molar-refractivity contribution is -0.122. The highest BCUT2D eigenvalue weighted by atomic mass is 16.2. The number of aromatic nitrogens is 4. The molecular formula is C18H14N6O2. The summed E-state index contributed by atoms with van der Waals surface area (Å²) in [4.78, 5) is 29.3. The normalized spacial score (nSPS) is 14.2. The zero-order valence-corrected chi connectivity index (χ0v) is 13.9. The number of rotatable bonds is 4. The van der Waals surface area contributed by atoms with Crippen LogP contribution in [0.5, 0.6) is 0 Å². The number of imide groups is 1. The van der Waals surface area contributed by atoms with Crippen molar-refractivity contribution in [3.63, 3.8) is 0 Å². The lowest BCUT2D eigenvalue weighted by Crippen LogP contribution is -2.22. The lowest BCUT2D eigenvalue weighted by Gasteiger charge is -2.00. The van der Waals surface area contributed by atoms with Crippen molar-refractivity contribution in [2.75, 3.05) is 0 Å². The van der Waals surface area contributed by atoms with Gasteiger partial charge in [0, 0.05) is 43.1 Å². The van der Waals surface area contributed by atoms with Crippen LogP contribution in [0.2, 0.25) is 0 Å². The van der Waals surface area contributed by atoms with Crippen LogP contribution in [0.25, 0.3) is 22.2 Å². The van der Waals surface area contributed by atoms with Crippen LogP contribution < -0.4 is 5.32 Å². The fourth-order valence-corrected chi connectivity index (χ4v) is 3.17. The second-order valence-corrected chi connectivity index (χ2v) is 5.93. The molecule has 2 amide bonds. The van der Waals surface area contributed by atoms with Gasteiger partial charge in [0.25, 0.3) is 11.8 Å². The molecule has 0 aliphatic carbocycles. The molecule has 0 spiro atoms. The zero-order chi connectivity index (χ0) is 18.3. The van der Waals surface area contributed by atoms with Crippen LogP contribution in [0, 0.1) is 11.3 Å². The second-order valence-electron chi connectivity index (χ2n) is 5.93. The molecule has 3 aromatic rings. The molecule has 0 atom stereocenters. The van der Waals surface area contributed by atoms with Gasteiger partial charge in [-0.25, -0.2) is 4.98 Å². The minimum atomic E-state index is -0.467. The molecule has 0 radical (unpaired) electrons. The molecule has 4 rings (SSSR count). The van der Waals surface area contributed by atoms with Crippen LogP contribution in [0.15, 0.2) is 36.8 Å². The first-order chi connectivity index (χ1) is 12.6. The Bertz CT molecular complexity index is 1130. The van der Waals surface area contributed by atoms with Crippen LogP contribution in [0.1, 0.15) is 17.7 Å². The Morgan fingerprint density at radius 2 is 2.04 bits per heavy atom. The van der Waals surface area contributed by atoms with E-state index >= 15 is 0 Å². The summed E-state index contributed by atoms with van der Waals surface area (Å²) in [5.41, 5.74) is 2.24. The number of nitrogens with zero attached hydrogens (tertiary/aromatic N) is 5. The molecule has 0 unspecified atom stereocenters. The molecule has 8 heteroatoms. The van der Waals surface area contributed by atoms with Gasteiger partial charge >= 0.3 is 0 Å². The van der Waals surface area contributed by atoms with E-state index in [1.807, 2.05) is 10.6 Å². The van der Waals surface area contributed by atoms with Gasteiger partial charge < -0.3 is 4.57 Å². The van der Waals surface area contributed by atoms with Gasteiger partial charge in [0.2, 0.25) is 0 Å². The zero-order valence-electron chi connectivity index (χ0n) is 13.9. The Hall–Kier alpha value is -3.73. The smallest absolute Gasteiger partial charge is 0.261 e. The summed E-state index contributed by atoms with van der Waals surface area (Å²) in [6.07, 6.45) is 5.46. The number of nitriles is 1. The number of amides is 2. The number of aryl methyl sites for hydroxylation is 2. The van der Waals surface area contributed by atoms with Crippen molar-refractivity contribution in [3.8, 4) is 6.07 Å². The molecule has 0 saturated carbocycles. The van der Waals surface area contributed by atoms with E-state index in [0.29, 0.717) is 29.9 Å². The van der Waals surface area contributed by atoms with Crippen LogP contribution in [-0.2, 0) is 23.2 Å². The third-order valence-electron chi connectivity index (χ3n) is 4.27. The predicted octanol–water partition coefficient (Wildman–Crippen LogP) is 1.25. The summed E-state index contributed by atoms with van der Waals surface area (Å²) < 4.78 is 3.40. The standard InChI is InChI=1S/C18H14N6O2/c1-23-9-5-13(22-23)15-14(17(25)21-18(15)26)12-10-24(8-3-6-19)16-11(12)4-2-7-20-16/h2,4-5,7,9-10H,3,8H2,1H3,(H,21,25,26). The number of carbonyl (C=O) groups is 2. The van der Waals surface area contributed by atoms with Gasteiger partial charge in [-0.3, -0.25) is 19.6 Å². The largest absolute Gasteiger partial charge is 0.331 e. The van der Waals surface area contributed by atoms with Crippen molar-refractivity contribution in [1.29, 1.82) is 5.26 Å². The molecule has 0 aromatic carbocycles. The van der Waals surface area contributed by atoms with Gasteiger partial charge in [0.1, 0.15) is 5.65 Å². The van der Waals surface area contributed by atoms with E-state index in [4.69, 9.17) is 5.26 Å². The van der Waals surface area contributed by atoms with Crippen molar-refractivity contribution < 1.29 is 9.59 Å². The number of nitrogens with one attached hydrogen (secondary N) is 1. The number of hydrogen-bond donors (Lipinski definition) is 1. The van der Waals surface area contributed by atoms with E-state index < -0.39 is 11.8 Å². The molecule has 0 fully saturated rings. The number of fused-ring (bicyclic) bond motifs is 1. The van der Waals surface area contributed by atoms with Crippen molar-refractivity contribution in [3.05, 3.63) is 48.0 Å². The lowest BCUT2D eigenvalue weighted by atomic mass is 10.00. The first kappa shape index (κ1) is 15.8. The van der Waals surface area contributed by atoms with E-state index in [1.165, 1.54) is 0 Å². The van der Waals surface area contributed by atoms with E-state index in [1.54, 1.807) is 42.5 Å². The monoisotopic (exact) mass is 346 g/mol. The maximum Gasteiger partial charge on any atom is 0.261 e. The van der Waals surface area contributed by atoms with Crippen LogP contribution in [0.4, 0.5) is 0 Å². The fourth-order valence-electron chi connectivity index (χ4n) is 3.17. The van der Waals surface area contributed by atoms with Gasteiger partial charge in [0.05, 0.1) is 29.3 Å². The molecule has 4 heterocycles. The molecule has 0 bridgehead atoms. The van der Waals surface area contributed by atoms with Gasteiger partial charge in [-0.05, 0) is 18.2 Å². The predicted molar refractivity (Wildman–Crippen MR) is 93.1 cm³/mol. The topological polar surface area (TPSA) is 106 Å². The number of hydrogen-bond acceptors (Lipinski definition) is 5. The molecule has 128 valence electrons. The first-order valence-corrected chi connectivity index (χ1v) is 8.01. The second kappa shape index (κ2) is 5.97. The highest BCUT2D eigenvalue weighted by Gasteiger charge is 2.35. The first-order valence-electron chi connectivity index (χ1n) is 8.01. The highest BCUT2D eigenvalue weighted by Crippen LogP contribution is 2.34.